The van der Waals surface area contributed by atoms with Crippen LogP contribution in [0, 0.1) is 17.6 Å². The third-order valence-corrected chi connectivity index (χ3v) is 3.97. The molecule has 0 spiro atoms. The van der Waals surface area contributed by atoms with Gasteiger partial charge in [0.05, 0.1) is 11.6 Å². The fourth-order valence-corrected chi connectivity index (χ4v) is 2.63. The Bertz CT molecular complexity index is 497. The van der Waals surface area contributed by atoms with Crippen molar-refractivity contribution in [3.63, 3.8) is 0 Å². The molecule has 0 amide bonds. The first-order chi connectivity index (χ1) is 9.21. The molecule has 0 N–H and O–H groups in total. The molecule has 1 unspecified atom stereocenters. The highest BCUT2D eigenvalue weighted by atomic mass is 19.4. The number of aryl methyl sites for hydroxylation is 1. The molecule has 0 aliphatic carbocycles. The van der Waals surface area contributed by atoms with E-state index >= 15 is 0 Å². The molecule has 0 aromatic heterocycles. The maximum Gasteiger partial charge on any atom is 0.393 e. The van der Waals surface area contributed by atoms with Crippen LogP contribution in [0.5, 0.6) is 0 Å². The van der Waals surface area contributed by atoms with Gasteiger partial charge >= 0.3 is 6.18 Å². The monoisotopic (exact) mass is 293 g/mol. The Morgan fingerprint density at radius 2 is 1.80 bits per heavy atom. The van der Waals surface area contributed by atoms with E-state index in [0.29, 0.717) is 24.9 Å². The molecule has 0 radical (unpaired) electrons. The lowest BCUT2D eigenvalue weighted by atomic mass is 9.95. The minimum Gasteiger partial charge on any atom is -0.366 e. The summed E-state index contributed by atoms with van der Waals surface area (Å²) in [5.41, 5.74) is 0.552. The number of halogens is 5. The van der Waals surface area contributed by atoms with E-state index in [0.717, 1.165) is 13.0 Å². The van der Waals surface area contributed by atoms with Gasteiger partial charge in [0.25, 0.3) is 0 Å². The summed E-state index contributed by atoms with van der Waals surface area (Å²) in [4.78, 5) is 1.41. The van der Waals surface area contributed by atoms with Gasteiger partial charge in [-0.25, -0.2) is 8.78 Å². The number of hydrogen-bond acceptors (Lipinski definition) is 1. The van der Waals surface area contributed by atoms with E-state index in [1.165, 1.54) is 17.9 Å². The van der Waals surface area contributed by atoms with Crippen LogP contribution in [0.2, 0.25) is 0 Å². The van der Waals surface area contributed by atoms with Gasteiger partial charge in [-0.2, -0.15) is 13.2 Å². The first-order valence-corrected chi connectivity index (χ1v) is 6.53. The van der Waals surface area contributed by atoms with Crippen LogP contribution in [0.15, 0.2) is 12.1 Å². The fraction of sp³-hybridized carbons (Fsp3) is 0.571. The van der Waals surface area contributed by atoms with Crippen molar-refractivity contribution in [2.75, 3.05) is 11.4 Å². The van der Waals surface area contributed by atoms with Crippen LogP contribution in [-0.2, 0) is 6.42 Å². The highest BCUT2D eigenvalue weighted by Gasteiger charge is 2.42. The lowest BCUT2D eigenvalue weighted by Gasteiger charge is -2.39. The van der Waals surface area contributed by atoms with E-state index in [1.807, 2.05) is 0 Å². The Hall–Kier alpha value is -1.33. The van der Waals surface area contributed by atoms with Gasteiger partial charge in [0.15, 0.2) is 0 Å². The van der Waals surface area contributed by atoms with E-state index in [2.05, 4.69) is 0 Å². The number of nitrogens with zero attached hydrogens (tertiary/aromatic N) is 1. The number of anilines is 1. The molecule has 1 aliphatic rings. The summed E-state index contributed by atoms with van der Waals surface area (Å²) in [5, 5.41) is 0. The van der Waals surface area contributed by atoms with Gasteiger partial charge in [-0.1, -0.05) is 6.92 Å². The first-order valence-electron chi connectivity index (χ1n) is 6.53. The summed E-state index contributed by atoms with van der Waals surface area (Å²) in [6, 6.07) is 1.03. The van der Waals surface area contributed by atoms with Crippen molar-refractivity contribution < 1.29 is 22.0 Å². The number of alkyl halides is 3. The Balaban J connectivity index is 2.38. The summed E-state index contributed by atoms with van der Waals surface area (Å²) >= 11 is 0. The second kappa shape index (κ2) is 5.22. The van der Waals surface area contributed by atoms with Crippen LogP contribution in [0.25, 0.3) is 0 Å². The molecule has 0 saturated heterocycles. The maximum atomic E-state index is 13.9. The van der Waals surface area contributed by atoms with Gasteiger partial charge in [-0.3, -0.25) is 0 Å². The van der Waals surface area contributed by atoms with Crippen LogP contribution < -0.4 is 4.90 Å². The third kappa shape index (κ3) is 2.74. The molecule has 1 heterocycles. The van der Waals surface area contributed by atoms with Gasteiger partial charge in [-0.05, 0) is 31.4 Å². The van der Waals surface area contributed by atoms with Crippen molar-refractivity contribution in [2.24, 2.45) is 5.92 Å². The highest BCUT2D eigenvalue weighted by molar-refractivity contribution is 5.57. The summed E-state index contributed by atoms with van der Waals surface area (Å²) in [6.45, 7) is 2.85. The second-order valence-electron chi connectivity index (χ2n) is 5.26. The van der Waals surface area contributed by atoms with E-state index in [4.69, 9.17) is 0 Å². The molecule has 20 heavy (non-hydrogen) atoms. The largest absolute Gasteiger partial charge is 0.393 e. The summed E-state index contributed by atoms with van der Waals surface area (Å²) in [5.74, 6) is -3.07. The van der Waals surface area contributed by atoms with Crippen molar-refractivity contribution in [3.8, 4) is 0 Å². The van der Waals surface area contributed by atoms with E-state index in [9.17, 15) is 22.0 Å². The van der Waals surface area contributed by atoms with Crippen LogP contribution >= 0.6 is 0 Å². The summed E-state index contributed by atoms with van der Waals surface area (Å²) in [6.07, 6.45) is -3.27. The van der Waals surface area contributed by atoms with Crippen molar-refractivity contribution in [1.29, 1.82) is 0 Å². The van der Waals surface area contributed by atoms with Crippen LogP contribution in [0.1, 0.15) is 25.8 Å². The molecular weight excluding hydrogens is 277 g/mol. The zero-order valence-electron chi connectivity index (χ0n) is 11.3. The van der Waals surface area contributed by atoms with E-state index in [-0.39, 0.29) is 5.69 Å². The Morgan fingerprint density at radius 3 is 2.40 bits per heavy atom. The van der Waals surface area contributed by atoms with Crippen molar-refractivity contribution in [3.05, 3.63) is 29.3 Å². The molecule has 1 nitrogen and oxygen atoms in total. The van der Waals surface area contributed by atoms with E-state index < -0.39 is 29.8 Å². The van der Waals surface area contributed by atoms with Gasteiger partial charge in [-0.15, -0.1) is 0 Å². The standard InChI is InChI=1S/C14H16F5N/c1-8(14(17,18)19)9(2)20-5-3-4-10-6-11(15)7-12(16)13(10)20/h6-9H,3-5H2,1-2H3/t8?,9-/m0/s1. The Labute approximate surface area is 114 Å². The van der Waals surface area contributed by atoms with Gasteiger partial charge in [0.2, 0.25) is 0 Å². The summed E-state index contributed by atoms with van der Waals surface area (Å²) in [7, 11) is 0. The Kier molecular flexibility index (Phi) is 3.93. The number of fused-ring (bicyclic) bond motifs is 1. The third-order valence-electron chi connectivity index (χ3n) is 3.97. The molecule has 0 saturated carbocycles. The maximum absolute atomic E-state index is 13.9. The number of hydrogen-bond donors (Lipinski definition) is 0. The molecule has 1 aromatic rings. The topological polar surface area (TPSA) is 3.24 Å². The Morgan fingerprint density at radius 1 is 1.15 bits per heavy atom. The second-order valence-corrected chi connectivity index (χ2v) is 5.26. The highest BCUT2D eigenvalue weighted by Crippen LogP contribution is 2.37. The molecule has 1 aromatic carbocycles. The van der Waals surface area contributed by atoms with Gasteiger partial charge in [0.1, 0.15) is 11.6 Å². The number of benzene rings is 1. The molecule has 0 bridgehead atoms. The normalized spacial score (nSPS) is 18.6. The summed E-state index contributed by atoms with van der Waals surface area (Å²) < 4.78 is 65.6. The first kappa shape index (κ1) is 15.1. The zero-order chi connectivity index (χ0) is 15.1. The average Bonchev–Trinajstić information content (AvgIpc) is 2.34. The smallest absolute Gasteiger partial charge is 0.366 e. The van der Waals surface area contributed by atoms with Crippen molar-refractivity contribution in [2.45, 2.75) is 38.9 Å². The van der Waals surface area contributed by atoms with Crippen molar-refractivity contribution in [1.82, 2.24) is 0 Å². The quantitative estimate of drug-likeness (QED) is 0.735. The fourth-order valence-electron chi connectivity index (χ4n) is 2.63. The SMILES string of the molecule is CC([C@H](C)N1CCCc2cc(F)cc(F)c21)C(F)(F)F. The molecule has 0 fully saturated rings. The molecule has 2 atom stereocenters. The predicted molar refractivity (Wildman–Crippen MR) is 66.7 cm³/mol. The average molecular weight is 293 g/mol. The molecule has 2 rings (SSSR count). The van der Waals surface area contributed by atoms with Gasteiger partial charge < -0.3 is 4.90 Å². The molecule has 6 heteroatoms. The minimum absolute atomic E-state index is 0.112. The lowest BCUT2D eigenvalue weighted by Crippen LogP contribution is -2.46. The molecular formula is C14H16F5N. The zero-order valence-corrected chi connectivity index (χ0v) is 11.3. The molecule has 112 valence electrons. The minimum atomic E-state index is -4.34. The van der Waals surface area contributed by atoms with Crippen LogP contribution in [-0.4, -0.2) is 18.8 Å². The lowest BCUT2D eigenvalue weighted by molar-refractivity contribution is -0.174. The molecule has 1 aliphatic heterocycles. The van der Waals surface area contributed by atoms with Crippen LogP contribution in [0.3, 0.4) is 0 Å². The predicted octanol–water partition coefficient (Wildman–Crippen LogP) is 4.30. The van der Waals surface area contributed by atoms with Crippen LogP contribution in [0.4, 0.5) is 27.6 Å². The number of rotatable bonds is 2. The van der Waals surface area contributed by atoms with E-state index in [1.54, 1.807) is 0 Å². The van der Waals surface area contributed by atoms with Gasteiger partial charge in [0, 0.05) is 18.7 Å². The van der Waals surface area contributed by atoms with Crippen molar-refractivity contribution >= 4 is 5.69 Å².